The standard InChI is InChI=1S/C11H15F5N2O8S3/c12-10(13,14)27(20,21)7-28(22,23)11(15,16)29(24,25)18-4-2-17(3-5-18)8-1-6-26-9(8)19/h8H,1-7H2. The molecule has 2 aliphatic rings. The van der Waals surface area contributed by atoms with Crippen LogP contribution in [-0.2, 0) is 39.2 Å². The van der Waals surface area contributed by atoms with Crippen molar-refractivity contribution in [3.63, 3.8) is 0 Å². The second kappa shape index (κ2) is 7.54. The van der Waals surface area contributed by atoms with Gasteiger partial charge in [0.1, 0.15) is 6.04 Å². The maximum absolute atomic E-state index is 14.2. The van der Waals surface area contributed by atoms with Crippen LogP contribution in [0, 0.1) is 0 Å². The van der Waals surface area contributed by atoms with Gasteiger partial charge in [-0.15, -0.1) is 0 Å². The Hall–Kier alpha value is -1.11. The lowest BCUT2D eigenvalue weighted by Crippen LogP contribution is -2.57. The Kier molecular flexibility index (Phi) is 6.28. The lowest BCUT2D eigenvalue weighted by atomic mass is 10.2. The lowest BCUT2D eigenvalue weighted by molar-refractivity contribution is -0.142. The minimum Gasteiger partial charge on any atom is -0.464 e. The van der Waals surface area contributed by atoms with Gasteiger partial charge in [-0.3, -0.25) is 9.69 Å². The van der Waals surface area contributed by atoms with E-state index in [0.717, 1.165) is 0 Å². The first-order chi connectivity index (χ1) is 12.9. The molecule has 2 aliphatic heterocycles. The Morgan fingerprint density at radius 3 is 1.83 bits per heavy atom. The van der Waals surface area contributed by atoms with Crippen LogP contribution in [0.25, 0.3) is 0 Å². The van der Waals surface area contributed by atoms with Gasteiger partial charge in [-0.05, 0) is 0 Å². The van der Waals surface area contributed by atoms with Gasteiger partial charge in [0.15, 0.2) is 5.08 Å². The van der Waals surface area contributed by atoms with Crippen molar-refractivity contribution in [2.75, 3.05) is 37.9 Å². The van der Waals surface area contributed by atoms with Gasteiger partial charge in [-0.25, -0.2) is 25.3 Å². The number of hydrogen-bond donors (Lipinski definition) is 0. The minimum atomic E-state index is -6.60. The number of halogens is 5. The Morgan fingerprint density at radius 1 is 0.897 bits per heavy atom. The molecule has 0 radical (unpaired) electrons. The second-order valence-electron chi connectivity index (χ2n) is 6.17. The van der Waals surface area contributed by atoms with Crippen LogP contribution in [-0.4, -0.2) is 94.4 Å². The maximum Gasteiger partial charge on any atom is 0.498 e. The largest absolute Gasteiger partial charge is 0.498 e. The summed E-state index contributed by atoms with van der Waals surface area (Å²) in [5.41, 5.74) is -6.17. The number of carbonyl (C=O) groups is 1. The van der Waals surface area contributed by atoms with E-state index in [1.165, 1.54) is 4.90 Å². The monoisotopic (exact) mass is 494 g/mol. The van der Waals surface area contributed by atoms with Crippen LogP contribution >= 0.6 is 0 Å². The Labute approximate surface area is 162 Å². The molecule has 0 bridgehead atoms. The number of nitrogens with zero attached hydrogens (tertiary/aromatic N) is 2. The first kappa shape index (κ1) is 24.2. The predicted molar refractivity (Wildman–Crippen MR) is 85.1 cm³/mol. The molecule has 2 saturated heterocycles. The molecular formula is C11H15F5N2O8S3. The third kappa shape index (κ3) is 4.35. The fraction of sp³-hybridized carbons (Fsp3) is 0.909. The number of sulfonamides is 1. The van der Waals surface area contributed by atoms with E-state index in [1.54, 1.807) is 0 Å². The van der Waals surface area contributed by atoms with E-state index in [2.05, 4.69) is 0 Å². The molecule has 2 fully saturated rings. The highest BCUT2D eigenvalue weighted by molar-refractivity contribution is 8.15. The highest BCUT2D eigenvalue weighted by Crippen LogP contribution is 2.36. The van der Waals surface area contributed by atoms with E-state index < -0.39 is 70.0 Å². The van der Waals surface area contributed by atoms with E-state index >= 15 is 0 Å². The van der Waals surface area contributed by atoms with Crippen molar-refractivity contribution < 1.29 is 56.7 Å². The van der Waals surface area contributed by atoms with Crippen LogP contribution in [0.2, 0.25) is 0 Å². The predicted octanol–water partition coefficient (Wildman–Crippen LogP) is -0.893. The van der Waals surface area contributed by atoms with Crippen LogP contribution in [0.5, 0.6) is 0 Å². The van der Waals surface area contributed by atoms with Gasteiger partial charge in [0.05, 0.1) is 6.61 Å². The number of hydrogen-bond acceptors (Lipinski definition) is 9. The second-order valence-corrected chi connectivity index (χ2v) is 12.8. The first-order valence-electron chi connectivity index (χ1n) is 7.73. The molecule has 10 nitrogen and oxygen atoms in total. The van der Waals surface area contributed by atoms with Gasteiger partial charge < -0.3 is 4.74 Å². The SMILES string of the molecule is O=C1OCCC1N1CCN(S(=O)(=O)C(F)(F)S(=O)(=O)CS(=O)(=O)C(F)(F)F)CC1. The Balaban J connectivity index is 2.20. The number of carbonyl (C=O) groups excluding carboxylic acids is 1. The van der Waals surface area contributed by atoms with Crippen molar-refractivity contribution in [2.45, 2.75) is 22.6 Å². The van der Waals surface area contributed by atoms with Crippen LogP contribution in [0.15, 0.2) is 0 Å². The normalized spacial score (nSPS) is 23.9. The quantitative estimate of drug-likeness (QED) is 0.340. The molecule has 0 aromatic carbocycles. The summed E-state index contributed by atoms with van der Waals surface area (Å²) in [6.07, 6.45) is 0.283. The fourth-order valence-electron chi connectivity index (χ4n) is 2.72. The number of sulfone groups is 2. The van der Waals surface area contributed by atoms with Crippen molar-refractivity contribution in [2.24, 2.45) is 0 Å². The van der Waals surface area contributed by atoms with Crippen LogP contribution in [0.1, 0.15) is 6.42 Å². The molecule has 0 amide bonds. The number of cyclic esters (lactones) is 1. The average Bonchev–Trinajstić information content (AvgIpc) is 2.98. The Morgan fingerprint density at radius 2 is 1.41 bits per heavy atom. The van der Waals surface area contributed by atoms with E-state index in [9.17, 15) is 52.0 Å². The van der Waals surface area contributed by atoms with Crippen LogP contribution in [0.3, 0.4) is 0 Å². The number of esters is 1. The van der Waals surface area contributed by atoms with Crippen LogP contribution in [0.4, 0.5) is 22.0 Å². The molecule has 29 heavy (non-hydrogen) atoms. The molecule has 2 rings (SSSR count). The number of alkyl halides is 5. The first-order valence-corrected chi connectivity index (χ1v) is 12.5. The molecule has 0 spiro atoms. The summed E-state index contributed by atoms with van der Waals surface area (Å²) in [6, 6.07) is -0.721. The summed E-state index contributed by atoms with van der Waals surface area (Å²) in [5.74, 6) is -0.591. The highest BCUT2D eigenvalue weighted by Gasteiger charge is 2.63. The summed E-state index contributed by atoms with van der Waals surface area (Å²) in [6.45, 7) is -1.77. The van der Waals surface area contributed by atoms with Crippen LogP contribution < -0.4 is 0 Å². The van der Waals surface area contributed by atoms with Gasteiger partial charge in [0, 0.05) is 32.6 Å². The van der Waals surface area contributed by atoms with E-state index in [1.807, 2.05) is 0 Å². The number of rotatable bonds is 6. The number of piperazine rings is 1. The summed E-state index contributed by atoms with van der Waals surface area (Å²) in [7, 11) is -19.2. The summed E-state index contributed by atoms with van der Waals surface area (Å²) < 4.78 is 134. The summed E-state index contributed by atoms with van der Waals surface area (Å²) >= 11 is 0. The van der Waals surface area contributed by atoms with Crippen molar-refractivity contribution in [1.29, 1.82) is 0 Å². The van der Waals surface area contributed by atoms with Crippen molar-refractivity contribution in [3.8, 4) is 0 Å². The maximum atomic E-state index is 14.2. The topological polar surface area (TPSA) is 135 Å². The van der Waals surface area contributed by atoms with Gasteiger partial charge in [0.2, 0.25) is 9.84 Å². The Bertz CT molecular complexity index is 968. The smallest absolute Gasteiger partial charge is 0.464 e. The van der Waals surface area contributed by atoms with Crippen molar-refractivity contribution in [3.05, 3.63) is 0 Å². The molecule has 18 heteroatoms. The van der Waals surface area contributed by atoms with Gasteiger partial charge in [-0.1, -0.05) is 0 Å². The highest BCUT2D eigenvalue weighted by atomic mass is 32.3. The van der Waals surface area contributed by atoms with E-state index in [-0.39, 0.29) is 30.4 Å². The molecule has 0 aromatic rings. The number of ether oxygens (including phenoxy) is 1. The molecule has 0 aliphatic carbocycles. The average molecular weight is 494 g/mol. The zero-order chi connectivity index (χ0) is 22.5. The van der Waals surface area contributed by atoms with E-state index in [0.29, 0.717) is 0 Å². The minimum absolute atomic E-state index is 0.0293. The zero-order valence-electron chi connectivity index (χ0n) is 14.3. The van der Waals surface area contributed by atoms with Crippen molar-refractivity contribution >= 4 is 35.7 Å². The van der Waals surface area contributed by atoms with Gasteiger partial charge >= 0.3 is 16.1 Å². The van der Waals surface area contributed by atoms with Gasteiger partial charge in [-0.2, -0.15) is 26.3 Å². The molecular weight excluding hydrogens is 479 g/mol. The zero-order valence-corrected chi connectivity index (χ0v) is 16.8. The third-order valence-corrected chi connectivity index (χ3v) is 11.2. The summed E-state index contributed by atoms with van der Waals surface area (Å²) in [4.78, 5) is 12.9. The lowest BCUT2D eigenvalue weighted by Gasteiger charge is -2.36. The molecule has 0 N–H and O–H groups in total. The summed E-state index contributed by atoms with van der Waals surface area (Å²) in [5, 5.41) is -3.12. The molecule has 0 saturated carbocycles. The van der Waals surface area contributed by atoms with Gasteiger partial charge in [0.25, 0.3) is 19.9 Å². The third-order valence-electron chi connectivity index (χ3n) is 4.29. The molecule has 1 unspecified atom stereocenters. The molecule has 0 aromatic heterocycles. The van der Waals surface area contributed by atoms with E-state index in [4.69, 9.17) is 4.74 Å². The molecule has 170 valence electrons. The fourth-order valence-corrected chi connectivity index (χ4v) is 8.42. The van der Waals surface area contributed by atoms with Crippen molar-refractivity contribution in [1.82, 2.24) is 9.21 Å². The molecule has 1 atom stereocenters. The molecule has 2 heterocycles.